The number of aromatic nitrogens is 2. The maximum Gasteiger partial charge on any atom is 0.261 e. The zero-order chi connectivity index (χ0) is 18.6. The van der Waals surface area contributed by atoms with Gasteiger partial charge >= 0.3 is 0 Å². The average molecular weight is 364 g/mol. The molecule has 0 saturated carbocycles. The van der Waals surface area contributed by atoms with Crippen LogP contribution in [0, 0.1) is 0 Å². The SMILES string of the molecule is CCCCC(=O)N(CCC)C(C)c1nc2cc(Cl)ccc2c(=O)n1C. The van der Waals surface area contributed by atoms with Gasteiger partial charge in [0.25, 0.3) is 5.56 Å². The third kappa shape index (κ3) is 4.21. The van der Waals surface area contributed by atoms with Crippen LogP contribution in [-0.2, 0) is 11.8 Å². The fraction of sp³-hybridized carbons (Fsp3) is 0.526. The first-order valence-electron chi connectivity index (χ1n) is 8.86. The maximum atomic E-state index is 12.7. The van der Waals surface area contributed by atoms with Crippen molar-refractivity contribution in [3.05, 3.63) is 39.4 Å². The first kappa shape index (κ1) is 19.4. The molecule has 0 saturated heterocycles. The first-order valence-corrected chi connectivity index (χ1v) is 9.24. The van der Waals surface area contributed by atoms with Crippen molar-refractivity contribution in [3.8, 4) is 0 Å². The minimum Gasteiger partial charge on any atom is -0.333 e. The normalized spacial score (nSPS) is 12.4. The molecule has 1 aromatic carbocycles. The smallest absolute Gasteiger partial charge is 0.261 e. The minimum atomic E-state index is -0.273. The molecule has 136 valence electrons. The van der Waals surface area contributed by atoms with Gasteiger partial charge in [-0.2, -0.15) is 0 Å². The van der Waals surface area contributed by atoms with E-state index in [4.69, 9.17) is 11.6 Å². The lowest BCUT2D eigenvalue weighted by Gasteiger charge is -2.29. The van der Waals surface area contributed by atoms with Gasteiger partial charge in [-0.25, -0.2) is 4.98 Å². The largest absolute Gasteiger partial charge is 0.333 e. The van der Waals surface area contributed by atoms with Crippen LogP contribution in [0.3, 0.4) is 0 Å². The number of unbranched alkanes of at least 4 members (excludes halogenated alkanes) is 1. The lowest BCUT2D eigenvalue weighted by molar-refractivity contribution is -0.133. The van der Waals surface area contributed by atoms with Crippen molar-refractivity contribution in [2.24, 2.45) is 7.05 Å². The number of halogens is 1. The molecular weight excluding hydrogens is 338 g/mol. The van der Waals surface area contributed by atoms with Crippen LogP contribution in [0.4, 0.5) is 0 Å². The summed E-state index contributed by atoms with van der Waals surface area (Å²) in [6, 6.07) is 4.80. The zero-order valence-corrected chi connectivity index (χ0v) is 16.1. The Kier molecular flexibility index (Phi) is 6.59. The summed E-state index contributed by atoms with van der Waals surface area (Å²) in [6.45, 7) is 6.68. The summed E-state index contributed by atoms with van der Waals surface area (Å²) in [7, 11) is 1.70. The van der Waals surface area contributed by atoms with Crippen molar-refractivity contribution < 1.29 is 4.79 Å². The first-order chi connectivity index (χ1) is 11.9. The molecule has 0 aliphatic heterocycles. The highest BCUT2D eigenvalue weighted by atomic mass is 35.5. The second-order valence-electron chi connectivity index (χ2n) is 6.36. The molecule has 1 heterocycles. The van der Waals surface area contributed by atoms with E-state index in [0.29, 0.717) is 34.7 Å². The molecule has 0 bridgehead atoms. The van der Waals surface area contributed by atoms with Crippen LogP contribution in [0.25, 0.3) is 10.9 Å². The number of carbonyl (C=O) groups is 1. The van der Waals surface area contributed by atoms with Crippen LogP contribution in [0.5, 0.6) is 0 Å². The van der Waals surface area contributed by atoms with Crippen LogP contribution in [0.1, 0.15) is 58.3 Å². The lowest BCUT2D eigenvalue weighted by atomic mass is 10.1. The molecule has 1 atom stereocenters. The third-order valence-electron chi connectivity index (χ3n) is 4.44. The van der Waals surface area contributed by atoms with Gasteiger partial charge in [0.15, 0.2) is 0 Å². The zero-order valence-electron chi connectivity index (χ0n) is 15.4. The van der Waals surface area contributed by atoms with Crippen LogP contribution in [-0.4, -0.2) is 26.9 Å². The Bertz CT molecular complexity index is 816. The third-order valence-corrected chi connectivity index (χ3v) is 4.68. The van der Waals surface area contributed by atoms with Crippen LogP contribution in [0.15, 0.2) is 23.0 Å². The molecule has 25 heavy (non-hydrogen) atoms. The molecule has 1 amide bonds. The van der Waals surface area contributed by atoms with Crippen LogP contribution >= 0.6 is 11.6 Å². The number of hydrogen-bond donors (Lipinski definition) is 0. The monoisotopic (exact) mass is 363 g/mol. The fourth-order valence-electron chi connectivity index (χ4n) is 3.02. The van der Waals surface area contributed by atoms with E-state index in [1.54, 1.807) is 25.2 Å². The molecular formula is C19H26ClN3O2. The Labute approximate surface area is 153 Å². The summed E-state index contributed by atoms with van der Waals surface area (Å²) in [5, 5.41) is 1.07. The van der Waals surface area contributed by atoms with E-state index < -0.39 is 0 Å². The van der Waals surface area contributed by atoms with Gasteiger partial charge < -0.3 is 4.90 Å². The van der Waals surface area contributed by atoms with Gasteiger partial charge in [-0.05, 0) is 38.0 Å². The lowest BCUT2D eigenvalue weighted by Crippen LogP contribution is -2.37. The van der Waals surface area contributed by atoms with E-state index >= 15 is 0 Å². The maximum absolute atomic E-state index is 12.7. The number of nitrogens with zero attached hydrogens (tertiary/aromatic N) is 3. The van der Waals surface area contributed by atoms with Gasteiger partial charge in [-0.15, -0.1) is 0 Å². The molecule has 0 fully saturated rings. The Morgan fingerprint density at radius 3 is 2.68 bits per heavy atom. The molecule has 6 heteroatoms. The highest BCUT2D eigenvalue weighted by Gasteiger charge is 2.24. The molecule has 2 rings (SSSR count). The van der Waals surface area contributed by atoms with Crippen molar-refractivity contribution in [2.75, 3.05) is 6.54 Å². The van der Waals surface area contributed by atoms with Gasteiger partial charge in [0.1, 0.15) is 5.82 Å². The van der Waals surface area contributed by atoms with Crippen molar-refractivity contribution >= 4 is 28.4 Å². The number of fused-ring (bicyclic) bond motifs is 1. The second-order valence-corrected chi connectivity index (χ2v) is 6.80. The molecule has 1 aromatic heterocycles. The highest BCUT2D eigenvalue weighted by Crippen LogP contribution is 2.22. The summed E-state index contributed by atoms with van der Waals surface area (Å²) in [5.41, 5.74) is 0.441. The molecule has 5 nitrogen and oxygen atoms in total. The van der Waals surface area contributed by atoms with Crippen molar-refractivity contribution in [1.82, 2.24) is 14.5 Å². The van der Waals surface area contributed by atoms with Crippen LogP contribution < -0.4 is 5.56 Å². The summed E-state index contributed by atoms with van der Waals surface area (Å²) < 4.78 is 1.54. The predicted molar refractivity (Wildman–Crippen MR) is 102 cm³/mol. The van der Waals surface area contributed by atoms with Gasteiger partial charge in [0.2, 0.25) is 5.91 Å². The van der Waals surface area contributed by atoms with Gasteiger partial charge in [-0.1, -0.05) is 31.9 Å². The molecule has 0 aliphatic carbocycles. The summed E-state index contributed by atoms with van der Waals surface area (Å²) in [5.74, 6) is 0.690. The molecule has 0 aliphatic rings. The standard InChI is InChI=1S/C19H26ClN3O2/c1-5-7-8-17(24)23(11-6-2)13(3)18-21-16-12-14(20)9-10-15(16)19(25)22(18)4/h9-10,12-13H,5-8,11H2,1-4H3. The second kappa shape index (κ2) is 8.48. The van der Waals surface area contributed by atoms with Gasteiger partial charge in [-0.3, -0.25) is 14.2 Å². The Balaban J connectivity index is 2.48. The fourth-order valence-corrected chi connectivity index (χ4v) is 3.19. The molecule has 1 unspecified atom stereocenters. The quantitative estimate of drug-likeness (QED) is 0.744. The van der Waals surface area contributed by atoms with E-state index in [0.717, 1.165) is 19.3 Å². The number of amides is 1. The number of benzene rings is 1. The van der Waals surface area contributed by atoms with Gasteiger partial charge in [0, 0.05) is 25.0 Å². The van der Waals surface area contributed by atoms with E-state index in [1.165, 1.54) is 4.57 Å². The number of hydrogen-bond acceptors (Lipinski definition) is 3. The molecule has 0 spiro atoms. The number of carbonyl (C=O) groups excluding carboxylic acids is 1. The topological polar surface area (TPSA) is 55.2 Å². The van der Waals surface area contributed by atoms with E-state index in [-0.39, 0.29) is 17.5 Å². The Morgan fingerprint density at radius 2 is 2.04 bits per heavy atom. The Hall–Kier alpha value is -1.88. The predicted octanol–water partition coefficient (Wildman–Crippen LogP) is 4.08. The van der Waals surface area contributed by atoms with Gasteiger partial charge in [0.05, 0.1) is 16.9 Å². The van der Waals surface area contributed by atoms with Crippen molar-refractivity contribution in [1.29, 1.82) is 0 Å². The Morgan fingerprint density at radius 1 is 1.32 bits per heavy atom. The van der Waals surface area contributed by atoms with Crippen molar-refractivity contribution in [2.45, 2.75) is 52.5 Å². The average Bonchev–Trinajstić information content (AvgIpc) is 2.59. The summed E-state index contributed by atoms with van der Waals surface area (Å²) >= 11 is 6.05. The van der Waals surface area contributed by atoms with Crippen molar-refractivity contribution in [3.63, 3.8) is 0 Å². The molecule has 0 N–H and O–H groups in total. The minimum absolute atomic E-state index is 0.108. The van der Waals surface area contributed by atoms with E-state index in [2.05, 4.69) is 11.9 Å². The van der Waals surface area contributed by atoms with E-state index in [9.17, 15) is 9.59 Å². The summed E-state index contributed by atoms with van der Waals surface area (Å²) in [4.78, 5) is 31.7. The van der Waals surface area contributed by atoms with E-state index in [1.807, 2.05) is 18.7 Å². The van der Waals surface area contributed by atoms with Crippen LogP contribution in [0.2, 0.25) is 5.02 Å². The molecule has 0 radical (unpaired) electrons. The molecule has 2 aromatic rings. The summed E-state index contributed by atoms with van der Waals surface area (Å²) in [6.07, 6.45) is 3.22. The highest BCUT2D eigenvalue weighted by molar-refractivity contribution is 6.31. The number of rotatable bonds is 7.